The molecule has 0 saturated heterocycles. The van der Waals surface area contributed by atoms with Crippen LogP contribution in [0.3, 0.4) is 0 Å². The second kappa shape index (κ2) is 10.7. The normalized spacial score (nSPS) is 12.3. The molecule has 0 rings (SSSR count). The van der Waals surface area contributed by atoms with E-state index in [-0.39, 0.29) is 36.0 Å². The topological polar surface area (TPSA) is 75.3 Å². The minimum absolute atomic E-state index is 0.0118. The predicted molar refractivity (Wildman–Crippen MR) is 87.3 cm³/mol. The maximum atomic E-state index is 12.0. The third-order valence-corrected chi connectivity index (χ3v) is 4.00. The Morgan fingerprint density at radius 3 is 2.19 bits per heavy atom. The van der Waals surface area contributed by atoms with Gasteiger partial charge in [-0.3, -0.25) is 14.4 Å². The van der Waals surface area contributed by atoms with Crippen LogP contribution < -0.4 is 10.6 Å². The minimum atomic E-state index is -0.441. The summed E-state index contributed by atoms with van der Waals surface area (Å²) in [5, 5.41) is 5.09. The van der Waals surface area contributed by atoms with Crippen molar-refractivity contribution in [1.29, 1.82) is 0 Å². The summed E-state index contributed by atoms with van der Waals surface area (Å²) in [4.78, 5) is 35.4. The zero-order valence-electron chi connectivity index (χ0n) is 13.7. The maximum absolute atomic E-state index is 12.0. The summed E-state index contributed by atoms with van der Waals surface area (Å²) in [6, 6.07) is 0.0555. The summed E-state index contributed by atoms with van der Waals surface area (Å²) in [6.45, 7) is 9.87. The average Bonchev–Trinajstić information content (AvgIpc) is 2.36. The highest BCUT2D eigenvalue weighted by Gasteiger charge is 2.22. The SMILES string of the molecule is CCNC(=O)C(CC(=O)NC(C)C)SCCC(=O)C(C)C. The van der Waals surface area contributed by atoms with Gasteiger partial charge >= 0.3 is 0 Å². The van der Waals surface area contributed by atoms with Crippen LogP contribution in [0.1, 0.15) is 47.5 Å². The average molecular weight is 316 g/mol. The van der Waals surface area contributed by atoms with Crippen LogP contribution in [0, 0.1) is 5.92 Å². The van der Waals surface area contributed by atoms with Gasteiger partial charge in [0.05, 0.1) is 5.25 Å². The number of hydrogen-bond donors (Lipinski definition) is 2. The lowest BCUT2D eigenvalue weighted by Gasteiger charge is -2.17. The van der Waals surface area contributed by atoms with E-state index in [1.54, 1.807) is 0 Å². The molecular weight excluding hydrogens is 288 g/mol. The van der Waals surface area contributed by atoms with Gasteiger partial charge in [0.1, 0.15) is 5.78 Å². The van der Waals surface area contributed by atoms with Crippen LogP contribution in [0.4, 0.5) is 0 Å². The summed E-state index contributed by atoms with van der Waals surface area (Å²) >= 11 is 1.38. The van der Waals surface area contributed by atoms with Gasteiger partial charge in [-0.2, -0.15) is 0 Å². The first-order chi connectivity index (χ1) is 9.77. The molecular formula is C15H28N2O3S. The van der Waals surface area contributed by atoms with Gasteiger partial charge in [0.25, 0.3) is 0 Å². The molecule has 0 aliphatic heterocycles. The number of thioether (sulfide) groups is 1. The Morgan fingerprint density at radius 1 is 1.10 bits per heavy atom. The van der Waals surface area contributed by atoms with Crippen molar-refractivity contribution in [3.63, 3.8) is 0 Å². The molecule has 1 atom stereocenters. The number of Topliss-reactive ketones (excluding diaryl/α,β-unsaturated/α-hetero) is 1. The minimum Gasteiger partial charge on any atom is -0.355 e. The van der Waals surface area contributed by atoms with E-state index in [1.165, 1.54) is 11.8 Å². The van der Waals surface area contributed by atoms with Crippen LogP contribution >= 0.6 is 11.8 Å². The lowest BCUT2D eigenvalue weighted by Crippen LogP contribution is -2.38. The van der Waals surface area contributed by atoms with Gasteiger partial charge in [-0.15, -0.1) is 11.8 Å². The van der Waals surface area contributed by atoms with Crippen molar-refractivity contribution in [3.05, 3.63) is 0 Å². The first kappa shape index (κ1) is 20.0. The van der Waals surface area contributed by atoms with E-state index in [2.05, 4.69) is 10.6 Å². The van der Waals surface area contributed by atoms with Gasteiger partial charge in [0.15, 0.2) is 0 Å². The van der Waals surface area contributed by atoms with Crippen LogP contribution in [0.25, 0.3) is 0 Å². The van der Waals surface area contributed by atoms with E-state index < -0.39 is 5.25 Å². The first-order valence-electron chi connectivity index (χ1n) is 7.49. The van der Waals surface area contributed by atoms with E-state index in [4.69, 9.17) is 0 Å². The van der Waals surface area contributed by atoms with Crippen LogP contribution in [0.15, 0.2) is 0 Å². The summed E-state index contributed by atoms with van der Waals surface area (Å²) in [5.74, 6) is 0.484. The molecule has 0 aromatic carbocycles. The summed E-state index contributed by atoms with van der Waals surface area (Å²) in [7, 11) is 0. The number of ketones is 1. The lowest BCUT2D eigenvalue weighted by molar-refractivity contribution is -0.126. The highest BCUT2D eigenvalue weighted by Crippen LogP contribution is 2.17. The molecule has 0 aromatic heterocycles. The smallest absolute Gasteiger partial charge is 0.233 e. The highest BCUT2D eigenvalue weighted by atomic mass is 32.2. The molecule has 0 aromatic rings. The third-order valence-electron chi connectivity index (χ3n) is 2.78. The molecule has 21 heavy (non-hydrogen) atoms. The van der Waals surface area contributed by atoms with E-state index >= 15 is 0 Å². The Bertz CT molecular complexity index is 357. The fraction of sp³-hybridized carbons (Fsp3) is 0.800. The Kier molecular flexibility index (Phi) is 10.1. The van der Waals surface area contributed by atoms with Crippen LogP contribution in [0.5, 0.6) is 0 Å². The van der Waals surface area contributed by atoms with Gasteiger partial charge in [-0.25, -0.2) is 0 Å². The molecule has 5 nitrogen and oxygen atoms in total. The van der Waals surface area contributed by atoms with Crippen LogP contribution in [-0.2, 0) is 14.4 Å². The van der Waals surface area contributed by atoms with Gasteiger partial charge < -0.3 is 10.6 Å². The number of carbonyl (C=O) groups is 3. The Balaban J connectivity index is 4.43. The maximum Gasteiger partial charge on any atom is 0.233 e. The largest absolute Gasteiger partial charge is 0.355 e. The van der Waals surface area contributed by atoms with E-state index in [1.807, 2.05) is 34.6 Å². The number of hydrogen-bond acceptors (Lipinski definition) is 4. The van der Waals surface area contributed by atoms with Gasteiger partial charge in [0.2, 0.25) is 11.8 Å². The van der Waals surface area contributed by atoms with Crippen molar-refractivity contribution in [2.45, 2.75) is 58.8 Å². The molecule has 2 N–H and O–H groups in total. The lowest BCUT2D eigenvalue weighted by atomic mass is 10.1. The van der Waals surface area contributed by atoms with Crippen molar-refractivity contribution >= 4 is 29.4 Å². The Labute approximate surface area is 132 Å². The molecule has 0 bridgehead atoms. The van der Waals surface area contributed by atoms with Crippen molar-refractivity contribution in [3.8, 4) is 0 Å². The molecule has 0 aliphatic rings. The summed E-state index contributed by atoms with van der Waals surface area (Å²) in [6.07, 6.45) is 0.578. The monoisotopic (exact) mass is 316 g/mol. The van der Waals surface area contributed by atoms with E-state index in [0.29, 0.717) is 18.7 Å². The second-order valence-corrected chi connectivity index (χ2v) is 6.86. The zero-order chi connectivity index (χ0) is 16.4. The number of rotatable bonds is 10. The summed E-state index contributed by atoms with van der Waals surface area (Å²) < 4.78 is 0. The Morgan fingerprint density at radius 2 is 1.71 bits per heavy atom. The van der Waals surface area contributed by atoms with Gasteiger partial charge in [-0.1, -0.05) is 13.8 Å². The van der Waals surface area contributed by atoms with Crippen LogP contribution in [0.2, 0.25) is 0 Å². The third kappa shape index (κ3) is 9.50. The quantitative estimate of drug-likeness (QED) is 0.644. The number of amides is 2. The molecule has 0 aliphatic carbocycles. The number of carbonyl (C=O) groups excluding carboxylic acids is 3. The predicted octanol–water partition coefficient (Wildman–Crippen LogP) is 1.75. The molecule has 0 spiro atoms. The molecule has 0 heterocycles. The fourth-order valence-corrected chi connectivity index (χ4v) is 2.76. The van der Waals surface area contributed by atoms with Crippen LogP contribution in [-0.4, -0.2) is 41.2 Å². The van der Waals surface area contributed by atoms with E-state index in [0.717, 1.165) is 0 Å². The zero-order valence-corrected chi connectivity index (χ0v) is 14.5. The molecule has 2 amide bonds. The van der Waals surface area contributed by atoms with Gasteiger partial charge in [-0.05, 0) is 20.8 Å². The molecule has 122 valence electrons. The van der Waals surface area contributed by atoms with Crippen molar-refractivity contribution in [2.75, 3.05) is 12.3 Å². The molecule has 6 heteroatoms. The second-order valence-electron chi connectivity index (χ2n) is 5.55. The number of nitrogens with one attached hydrogen (secondary N) is 2. The first-order valence-corrected chi connectivity index (χ1v) is 8.54. The molecule has 0 radical (unpaired) electrons. The molecule has 0 saturated carbocycles. The molecule has 0 fully saturated rings. The molecule has 1 unspecified atom stereocenters. The van der Waals surface area contributed by atoms with Crippen molar-refractivity contribution < 1.29 is 14.4 Å². The highest BCUT2D eigenvalue weighted by molar-refractivity contribution is 8.00. The fourth-order valence-electron chi connectivity index (χ4n) is 1.66. The van der Waals surface area contributed by atoms with Crippen molar-refractivity contribution in [2.24, 2.45) is 5.92 Å². The van der Waals surface area contributed by atoms with E-state index in [9.17, 15) is 14.4 Å². The summed E-state index contributed by atoms with van der Waals surface area (Å²) in [5.41, 5.74) is 0. The van der Waals surface area contributed by atoms with Crippen molar-refractivity contribution in [1.82, 2.24) is 10.6 Å². The van der Waals surface area contributed by atoms with Gasteiger partial charge in [0, 0.05) is 37.1 Å². The standard InChI is InChI=1S/C15H28N2O3S/c1-6-16-15(20)13(9-14(19)17-11(4)5)21-8-7-12(18)10(2)3/h10-11,13H,6-9H2,1-5H3,(H,16,20)(H,17,19). The Hall–Kier alpha value is -1.04.